The van der Waals surface area contributed by atoms with E-state index in [-0.39, 0.29) is 11.5 Å². The van der Waals surface area contributed by atoms with E-state index in [0.717, 1.165) is 25.1 Å². The molecule has 0 saturated heterocycles. The summed E-state index contributed by atoms with van der Waals surface area (Å²) in [6, 6.07) is 9.31. The lowest BCUT2D eigenvalue weighted by molar-refractivity contribution is 0.0277. The van der Waals surface area contributed by atoms with E-state index in [1.165, 1.54) is 32.1 Å². The average Bonchev–Trinajstić information content (AvgIpc) is 2.70. The molecule has 0 bridgehead atoms. The Labute approximate surface area is 170 Å². The Morgan fingerprint density at radius 2 is 1.75 bits per heavy atom. The van der Waals surface area contributed by atoms with Crippen molar-refractivity contribution in [3.8, 4) is 0 Å². The predicted octanol–water partition coefficient (Wildman–Crippen LogP) is 2.90. The lowest BCUT2D eigenvalue weighted by atomic mass is 9.98. The van der Waals surface area contributed by atoms with Crippen LogP contribution in [0.2, 0.25) is 0 Å². The average molecular weight is 410 g/mol. The number of nitrogens with zero attached hydrogens (tertiary/aromatic N) is 1. The lowest BCUT2D eigenvalue weighted by Gasteiger charge is -2.22. The molecule has 158 valence electrons. The Balaban J connectivity index is 1.54. The Hall–Kier alpha value is -1.60. The maximum atomic E-state index is 12.2. The van der Waals surface area contributed by atoms with E-state index < -0.39 is 9.84 Å². The van der Waals surface area contributed by atoms with Crippen LogP contribution in [0.1, 0.15) is 50.5 Å². The van der Waals surface area contributed by atoms with Gasteiger partial charge in [-0.2, -0.15) is 0 Å². The first-order valence-electron chi connectivity index (χ1n) is 10.4. The highest BCUT2D eigenvalue weighted by atomic mass is 32.2. The minimum atomic E-state index is -3.09. The molecule has 0 aliphatic heterocycles. The van der Waals surface area contributed by atoms with Crippen LogP contribution in [-0.4, -0.2) is 53.0 Å². The molecule has 2 N–H and O–H groups in total. The summed E-state index contributed by atoms with van der Waals surface area (Å²) in [7, 11) is -1.37. The first-order chi connectivity index (χ1) is 13.6. The molecule has 1 aromatic rings. The summed E-state index contributed by atoms with van der Waals surface area (Å²) in [5.74, 6) is 0.973. The number of nitrogens with one attached hydrogen (secondary N) is 2. The van der Waals surface area contributed by atoms with Gasteiger partial charge in [0.15, 0.2) is 15.8 Å². The van der Waals surface area contributed by atoms with Crippen LogP contribution >= 0.6 is 0 Å². The largest absolute Gasteiger partial charge is 0.378 e. The Kier molecular flexibility index (Phi) is 10.4. The molecule has 6 nitrogen and oxygen atoms in total. The van der Waals surface area contributed by atoms with Crippen molar-refractivity contribution in [1.82, 2.24) is 10.6 Å². The predicted molar refractivity (Wildman–Crippen MR) is 115 cm³/mol. The quantitative estimate of drug-likeness (QED) is 0.334. The maximum Gasteiger partial charge on any atom is 0.190 e. The van der Waals surface area contributed by atoms with E-state index in [4.69, 9.17) is 4.74 Å². The van der Waals surface area contributed by atoms with Crippen LogP contribution in [0.25, 0.3) is 0 Å². The fraction of sp³-hybridized carbons (Fsp3) is 0.667. The number of sulfone groups is 1. The molecule has 0 atom stereocenters. The minimum Gasteiger partial charge on any atom is -0.378 e. The second kappa shape index (κ2) is 12.8. The van der Waals surface area contributed by atoms with Crippen LogP contribution in [-0.2, 0) is 20.3 Å². The summed E-state index contributed by atoms with van der Waals surface area (Å²) in [4.78, 5) is 4.18. The molecular weight excluding hydrogens is 374 g/mol. The SMILES string of the molecule is CN=C(NCCCOC1CCCCC1)NCCCS(=O)(=O)Cc1ccccc1. The highest BCUT2D eigenvalue weighted by molar-refractivity contribution is 7.90. The maximum absolute atomic E-state index is 12.2. The van der Waals surface area contributed by atoms with Gasteiger partial charge in [-0.05, 0) is 31.2 Å². The Morgan fingerprint density at radius 1 is 1.07 bits per heavy atom. The van der Waals surface area contributed by atoms with Gasteiger partial charge in [0.25, 0.3) is 0 Å². The third-order valence-corrected chi connectivity index (χ3v) is 6.58. The summed E-state index contributed by atoms with van der Waals surface area (Å²) in [6.07, 6.45) is 8.26. The van der Waals surface area contributed by atoms with Crippen molar-refractivity contribution in [2.45, 2.75) is 56.8 Å². The molecule has 28 heavy (non-hydrogen) atoms. The molecule has 1 aromatic carbocycles. The molecule has 1 aliphatic carbocycles. The van der Waals surface area contributed by atoms with Crippen molar-refractivity contribution in [2.75, 3.05) is 32.5 Å². The van der Waals surface area contributed by atoms with E-state index in [0.29, 0.717) is 25.0 Å². The van der Waals surface area contributed by atoms with E-state index >= 15 is 0 Å². The topological polar surface area (TPSA) is 79.8 Å². The Morgan fingerprint density at radius 3 is 2.43 bits per heavy atom. The molecule has 2 rings (SSSR count). The van der Waals surface area contributed by atoms with Crippen molar-refractivity contribution in [3.05, 3.63) is 35.9 Å². The number of guanidine groups is 1. The van der Waals surface area contributed by atoms with Crippen molar-refractivity contribution in [2.24, 2.45) is 4.99 Å². The molecular formula is C21H35N3O3S. The Bertz CT molecular complexity index is 671. The number of hydrogen-bond donors (Lipinski definition) is 2. The summed E-state index contributed by atoms with van der Waals surface area (Å²) in [6.45, 7) is 2.14. The van der Waals surface area contributed by atoms with Gasteiger partial charge in [-0.3, -0.25) is 4.99 Å². The molecule has 0 spiro atoms. The number of hydrogen-bond acceptors (Lipinski definition) is 4. The van der Waals surface area contributed by atoms with Crippen LogP contribution in [0, 0.1) is 0 Å². The van der Waals surface area contributed by atoms with E-state index in [1.807, 2.05) is 30.3 Å². The van der Waals surface area contributed by atoms with Gasteiger partial charge in [-0.1, -0.05) is 49.6 Å². The van der Waals surface area contributed by atoms with Crippen molar-refractivity contribution in [1.29, 1.82) is 0 Å². The van der Waals surface area contributed by atoms with Crippen LogP contribution in [0.4, 0.5) is 0 Å². The smallest absolute Gasteiger partial charge is 0.190 e. The normalized spacial score (nSPS) is 16.1. The highest BCUT2D eigenvalue weighted by Crippen LogP contribution is 2.20. The van der Waals surface area contributed by atoms with E-state index in [9.17, 15) is 8.42 Å². The van der Waals surface area contributed by atoms with Crippen molar-refractivity contribution in [3.63, 3.8) is 0 Å². The van der Waals surface area contributed by atoms with Gasteiger partial charge in [-0.25, -0.2) is 8.42 Å². The van der Waals surface area contributed by atoms with Gasteiger partial charge >= 0.3 is 0 Å². The number of benzene rings is 1. The van der Waals surface area contributed by atoms with Crippen molar-refractivity contribution < 1.29 is 13.2 Å². The molecule has 1 saturated carbocycles. The highest BCUT2D eigenvalue weighted by Gasteiger charge is 2.13. The van der Waals surface area contributed by atoms with Gasteiger partial charge in [0, 0.05) is 26.7 Å². The van der Waals surface area contributed by atoms with Gasteiger partial charge in [0.1, 0.15) is 0 Å². The van der Waals surface area contributed by atoms with Crippen LogP contribution < -0.4 is 10.6 Å². The summed E-state index contributed by atoms with van der Waals surface area (Å²) in [5.41, 5.74) is 0.836. The number of rotatable bonds is 11. The lowest BCUT2D eigenvalue weighted by Crippen LogP contribution is -2.39. The fourth-order valence-electron chi connectivity index (χ4n) is 3.38. The third kappa shape index (κ3) is 9.55. The third-order valence-electron chi connectivity index (χ3n) is 4.90. The van der Waals surface area contributed by atoms with Crippen LogP contribution in [0.3, 0.4) is 0 Å². The molecule has 0 aromatic heterocycles. The zero-order valence-corrected chi connectivity index (χ0v) is 17.8. The first kappa shape index (κ1) is 22.7. The molecule has 7 heteroatoms. The zero-order chi connectivity index (χ0) is 20.1. The number of ether oxygens (including phenoxy) is 1. The molecule has 0 amide bonds. The van der Waals surface area contributed by atoms with Gasteiger partial charge in [-0.15, -0.1) is 0 Å². The summed E-state index contributed by atoms with van der Waals surface area (Å²) < 4.78 is 30.3. The summed E-state index contributed by atoms with van der Waals surface area (Å²) >= 11 is 0. The molecule has 0 unspecified atom stereocenters. The molecule has 0 heterocycles. The van der Waals surface area contributed by atoms with E-state index in [1.54, 1.807) is 7.05 Å². The van der Waals surface area contributed by atoms with Crippen molar-refractivity contribution >= 4 is 15.8 Å². The number of aliphatic imine (C=N–C) groups is 1. The zero-order valence-electron chi connectivity index (χ0n) is 17.0. The first-order valence-corrected chi connectivity index (χ1v) is 12.2. The molecule has 1 aliphatic rings. The monoisotopic (exact) mass is 409 g/mol. The standard InChI is InChI=1S/C21H35N3O3S/c1-22-21(23-14-8-16-27-20-12-6-3-7-13-20)24-15-9-17-28(25,26)18-19-10-4-2-5-11-19/h2,4-5,10-11,20H,3,6-9,12-18H2,1H3,(H2,22,23,24). The second-order valence-electron chi connectivity index (χ2n) is 7.34. The molecule has 0 radical (unpaired) electrons. The van der Waals surface area contributed by atoms with Gasteiger partial charge in [0.2, 0.25) is 0 Å². The van der Waals surface area contributed by atoms with Gasteiger partial charge in [0.05, 0.1) is 17.6 Å². The van der Waals surface area contributed by atoms with Gasteiger partial charge < -0.3 is 15.4 Å². The summed E-state index contributed by atoms with van der Waals surface area (Å²) in [5, 5.41) is 6.43. The fourth-order valence-corrected chi connectivity index (χ4v) is 4.81. The second-order valence-corrected chi connectivity index (χ2v) is 9.53. The van der Waals surface area contributed by atoms with E-state index in [2.05, 4.69) is 15.6 Å². The van der Waals surface area contributed by atoms with Crippen LogP contribution in [0.15, 0.2) is 35.3 Å². The molecule has 1 fully saturated rings. The van der Waals surface area contributed by atoms with Crippen LogP contribution in [0.5, 0.6) is 0 Å². The minimum absolute atomic E-state index is 0.0990.